The first kappa shape index (κ1) is 42.1. The van der Waals surface area contributed by atoms with Crippen LogP contribution in [0.1, 0.15) is 71.1 Å². The van der Waals surface area contributed by atoms with Crippen LogP contribution < -0.4 is 10.6 Å². The van der Waals surface area contributed by atoms with Gasteiger partial charge in [-0.15, -0.1) is 0 Å². The van der Waals surface area contributed by atoms with Crippen molar-refractivity contribution in [2.24, 2.45) is 7.05 Å². The molecule has 0 saturated heterocycles. The average Bonchev–Trinajstić information content (AvgIpc) is 3.92. The maximum Gasteiger partial charge on any atom is 0.199 e. The molecule has 0 radical (unpaired) electrons. The zero-order valence-corrected chi connectivity index (χ0v) is 35.7. The summed E-state index contributed by atoms with van der Waals surface area (Å²) in [6.45, 7) is 2.64. The van der Waals surface area contributed by atoms with Crippen LogP contribution in [0.4, 0.5) is 20.4 Å². The maximum atomic E-state index is 13.5. The van der Waals surface area contributed by atoms with Crippen LogP contribution in [0.3, 0.4) is 0 Å². The van der Waals surface area contributed by atoms with Gasteiger partial charge in [-0.25, -0.2) is 28.7 Å². The van der Waals surface area contributed by atoms with Crippen LogP contribution in [0, 0.1) is 11.6 Å². The number of aromatic nitrogens is 6. The molecule has 6 aromatic rings. The molecular weight excluding hydrogens is 787 g/mol. The van der Waals surface area contributed by atoms with Crippen LogP contribution >= 0.6 is 0 Å². The van der Waals surface area contributed by atoms with Gasteiger partial charge in [0.1, 0.15) is 23.3 Å². The van der Waals surface area contributed by atoms with E-state index in [1.54, 1.807) is 49.2 Å². The van der Waals surface area contributed by atoms with Gasteiger partial charge >= 0.3 is 0 Å². The number of hydrogen-bond donors (Lipinski definition) is 2. The predicted molar refractivity (Wildman–Crippen MR) is 234 cm³/mol. The van der Waals surface area contributed by atoms with Gasteiger partial charge in [-0.2, -0.15) is 0 Å². The Morgan fingerprint density at radius 2 is 1.03 bits per heavy atom. The van der Waals surface area contributed by atoms with Crippen LogP contribution in [-0.4, -0.2) is 62.1 Å². The van der Waals surface area contributed by atoms with Gasteiger partial charge in [-0.1, -0.05) is 38.5 Å². The largest absolute Gasteiger partial charge is 0.367 e. The van der Waals surface area contributed by atoms with Gasteiger partial charge in [0, 0.05) is 72.8 Å². The molecule has 0 spiro atoms. The lowest BCUT2D eigenvalue weighted by Gasteiger charge is -2.17. The van der Waals surface area contributed by atoms with E-state index in [-0.39, 0.29) is 11.6 Å². The van der Waals surface area contributed by atoms with E-state index >= 15 is 0 Å². The first-order valence-corrected chi connectivity index (χ1v) is 23.5. The number of anilines is 2. The number of pyridine rings is 2. The van der Waals surface area contributed by atoms with Gasteiger partial charge < -0.3 is 19.8 Å². The van der Waals surface area contributed by atoms with Gasteiger partial charge in [0.15, 0.2) is 10.3 Å². The van der Waals surface area contributed by atoms with Gasteiger partial charge in [0.25, 0.3) is 0 Å². The topological polar surface area (TPSA) is 120 Å². The fourth-order valence-corrected chi connectivity index (χ4v) is 9.59. The third-order valence-corrected chi connectivity index (χ3v) is 12.7. The van der Waals surface area contributed by atoms with Crippen LogP contribution in [-0.2, 0) is 35.2 Å². The van der Waals surface area contributed by atoms with Crippen LogP contribution in [0.5, 0.6) is 0 Å². The number of benzene rings is 2. The van der Waals surface area contributed by atoms with E-state index in [9.17, 15) is 17.2 Å². The number of nitrogens with one attached hydrogen (secondary N) is 2. The average molecular weight is 839 g/mol. The quantitative estimate of drug-likeness (QED) is 0.124. The molecule has 2 aliphatic rings. The summed E-state index contributed by atoms with van der Waals surface area (Å²) in [4.78, 5) is 18.3. The van der Waals surface area contributed by atoms with Crippen LogP contribution in [0.15, 0.2) is 95.5 Å². The third-order valence-electron chi connectivity index (χ3n) is 11.0. The molecule has 0 aliphatic heterocycles. The number of imidazole rings is 2. The van der Waals surface area contributed by atoms with E-state index in [4.69, 9.17) is 0 Å². The molecule has 59 heavy (non-hydrogen) atoms. The lowest BCUT2D eigenvalue weighted by molar-refractivity contribution is 0.618. The molecule has 2 unspecified atom stereocenters. The summed E-state index contributed by atoms with van der Waals surface area (Å²) in [5.74, 6) is 1.08. The monoisotopic (exact) mass is 838 g/mol. The normalized spacial score (nSPS) is 15.9. The highest BCUT2D eigenvalue weighted by atomic mass is 32.2. The molecule has 2 atom stereocenters. The molecular formula is C45H52F2N8O2S2. The van der Waals surface area contributed by atoms with Crippen molar-refractivity contribution in [1.82, 2.24) is 29.1 Å². The van der Waals surface area contributed by atoms with Gasteiger partial charge in [-0.05, 0) is 105 Å². The molecule has 2 N–H and O–H groups in total. The Bertz CT molecular complexity index is 2400. The Kier molecular flexibility index (Phi) is 13.8. The molecule has 310 valence electrons. The summed E-state index contributed by atoms with van der Waals surface area (Å²) in [5, 5.41) is 8.13. The van der Waals surface area contributed by atoms with Crippen LogP contribution in [0.2, 0.25) is 0 Å². The van der Waals surface area contributed by atoms with Crippen molar-refractivity contribution in [3.05, 3.63) is 96.8 Å². The minimum atomic E-state index is -1.25. The highest BCUT2D eigenvalue weighted by Crippen LogP contribution is 2.36. The zero-order valence-electron chi connectivity index (χ0n) is 34.1. The second-order valence-corrected chi connectivity index (χ2v) is 17.8. The van der Waals surface area contributed by atoms with Crippen molar-refractivity contribution in [2.75, 3.05) is 23.1 Å². The van der Waals surface area contributed by atoms with E-state index in [1.165, 1.54) is 75.6 Å². The van der Waals surface area contributed by atoms with Gasteiger partial charge in [-0.3, -0.25) is 8.42 Å². The second-order valence-electron chi connectivity index (χ2n) is 15.2. The third kappa shape index (κ3) is 10.0. The zero-order chi connectivity index (χ0) is 41.5. The standard InChI is InChI=1S/C23H27FN4OS.C22H25FN4OS/c1-28-22(21(27-23(28)30(2)29)16-9-11-18(24)12-10-16)17-13-14-25-20(15-17)26-19-7-5-3-4-6-8-19;1-3-27-21(16-12-13-24-19(14-16)25-18-6-4-5-7-18)20(26-22(27)29(2)28)15-8-10-17(23)11-9-15/h9-15,19H,3-8H2,1-2H3,(H,25,26);8-14,18H,3-7H2,1-2H3,(H,24,25). The molecule has 10 nitrogen and oxygen atoms in total. The second kappa shape index (κ2) is 19.3. The molecule has 4 heterocycles. The molecule has 2 saturated carbocycles. The Labute approximate surface area is 350 Å². The Balaban J connectivity index is 0.000000179. The first-order valence-electron chi connectivity index (χ1n) is 20.4. The lowest BCUT2D eigenvalue weighted by atomic mass is 10.0. The molecule has 8 rings (SSSR count). The Hall–Kier alpha value is -5.08. The summed E-state index contributed by atoms with van der Waals surface area (Å²) >= 11 is 0. The van der Waals surface area contributed by atoms with E-state index in [0.29, 0.717) is 40.3 Å². The van der Waals surface area contributed by atoms with E-state index in [2.05, 4.69) is 30.6 Å². The predicted octanol–water partition coefficient (Wildman–Crippen LogP) is 10.0. The van der Waals surface area contributed by atoms with Crippen molar-refractivity contribution >= 4 is 33.2 Å². The molecule has 2 fully saturated rings. The molecule has 0 amide bonds. The maximum absolute atomic E-state index is 13.5. The van der Waals surface area contributed by atoms with Gasteiger partial charge in [0.05, 0.1) is 44.4 Å². The SMILES string of the molecule is CCn1c(S(C)=O)nc(-c2ccc(F)cc2)c1-c1ccnc(NC2CCCC2)c1.Cn1c(S(C)=O)nc(-c2ccc(F)cc2)c1-c1ccnc(NC2CCCCCC2)c1. The summed E-state index contributed by atoms with van der Waals surface area (Å²) in [7, 11) is -0.627. The van der Waals surface area contributed by atoms with Crippen molar-refractivity contribution < 1.29 is 17.2 Å². The van der Waals surface area contributed by atoms with Gasteiger partial charge in [0.2, 0.25) is 0 Å². The summed E-state index contributed by atoms with van der Waals surface area (Å²) in [5.41, 5.74) is 6.58. The van der Waals surface area contributed by atoms with Crippen molar-refractivity contribution in [3.63, 3.8) is 0 Å². The van der Waals surface area contributed by atoms with E-state index < -0.39 is 21.6 Å². The summed E-state index contributed by atoms with van der Waals surface area (Å²) in [6.07, 6.45) is 19.1. The number of rotatable bonds is 11. The van der Waals surface area contributed by atoms with Crippen LogP contribution in [0.25, 0.3) is 45.0 Å². The fraction of sp³-hybridized carbons (Fsp3) is 0.378. The Morgan fingerprint density at radius 1 is 0.610 bits per heavy atom. The lowest BCUT2D eigenvalue weighted by Crippen LogP contribution is -2.19. The smallest absolute Gasteiger partial charge is 0.199 e. The molecule has 2 aliphatic carbocycles. The van der Waals surface area contributed by atoms with Crippen molar-refractivity contribution in [1.29, 1.82) is 0 Å². The van der Waals surface area contributed by atoms with Crippen molar-refractivity contribution in [2.45, 2.75) is 100 Å². The molecule has 14 heteroatoms. The molecule has 2 aromatic carbocycles. The fourth-order valence-electron chi connectivity index (χ4n) is 8.15. The highest BCUT2D eigenvalue weighted by Gasteiger charge is 2.24. The molecule has 0 bridgehead atoms. The molecule has 4 aromatic heterocycles. The first-order chi connectivity index (χ1) is 28.6. The minimum Gasteiger partial charge on any atom is -0.367 e. The number of nitrogens with zero attached hydrogens (tertiary/aromatic N) is 6. The van der Waals surface area contributed by atoms with E-state index in [0.717, 1.165) is 58.1 Å². The summed E-state index contributed by atoms with van der Waals surface area (Å²) in [6, 6.07) is 21.3. The van der Waals surface area contributed by atoms with E-state index in [1.807, 2.05) is 47.4 Å². The Morgan fingerprint density at radius 3 is 1.49 bits per heavy atom. The highest BCUT2D eigenvalue weighted by molar-refractivity contribution is 7.84. The summed E-state index contributed by atoms with van der Waals surface area (Å²) < 4.78 is 55.4. The number of halogens is 2. The minimum absolute atomic E-state index is 0.295. The number of hydrogen-bond acceptors (Lipinski definition) is 8. The van der Waals surface area contributed by atoms with Crippen molar-refractivity contribution in [3.8, 4) is 45.0 Å².